The molecule has 1 saturated carbocycles. The summed E-state index contributed by atoms with van der Waals surface area (Å²) in [6.07, 6.45) is 0.967. The molecule has 120 valence electrons. The predicted octanol–water partition coefficient (Wildman–Crippen LogP) is 2.12. The molecule has 1 saturated heterocycles. The highest BCUT2D eigenvalue weighted by Crippen LogP contribution is 2.41. The number of carbonyl (C=O) groups excluding carboxylic acids is 1. The highest BCUT2D eigenvalue weighted by Gasteiger charge is 2.46. The molecule has 0 radical (unpaired) electrons. The lowest BCUT2D eigenvalue weighted by molar-refractivity contribution is -0.141. The summed E-state index contributed by atoms with van der Waals surface area (Å²) in [4.78, 5) is 20.9. The third kappa shape index (κ3) is 2.62. The number of nitrogens with zero attached hydrogens (tertiary/aromatic N) is 3. The van der Waals surface area contributed by atoms with Gasteiger partial charge < -0.3 is 10.6 Å². The lowest BCUT2D eigenvalue weighted by Gasteiger charge is -2.33. The van der Waals surface area contributed by atoms with E-state index in [1.807, 2.05) is 0 Å². The van der Waals surface area contributed by atoms with Gasteiger partial charge in [-0.2, -0.15) is 13.2 Å². The smallest absolute Gasteiger partial charge is 0.368 e. The fourth-order valence-electron chi connectivity index (χ4n) is 3.63. The van der Waals surface area contributed by atoms with Crippen LogP contribution >= 0.6 is 0 Å². The first-order valence-electron chi connectivity index (χ1n) is 7.36. The molecule has 8 heteroatoms. The van der Waals surface area contributed by atoms with Crippen LogP contribution in [0.25, 0.3) is 0 Å². The van der Waals surface area contributed by atoms with Gasteiger partial charge in [0.2, 0.25) is 11.9 Å². The molecule has 1 aliphatic heterocycles. The summed E-state index contributed by atoms with van der Waals surface area (Å²) in [6.45, 7) is 0. The van der Waals surface area contributed by atoms with Gasteiger partial charge in [0.15, 0.2) is 0 Å². The number of halogens is 3. The summed E-state index contributed by atoms with van der Waals surface area (Å²) in [5.74, 6) is -0.312. The number of carbonyl (C=O) groups is 1. The number of amides is 1. The summed E-state index contributed by atoms with van der Waals surface area (Å²) < 4.78 is 38.5. The zero-order valence-electron chi connectivity index (χ0n) is 11.9. The van der Waals surface area contributed by atoms with Gasteiger partial charge in [-0.1, -0.05) is 12.8 Å². The number of anilines is 1. The second-order valence-corrected chi connectivity index (χ2v) is 5.91. The van der Waals surface area contributed by atoms with Crippen LogP contribution < -0.4 is 10.6 Å². The molecule has 1 aliphatic carbocycles. The first-order valence-corrected chi connectivity index (χ1v) is 7.36. The lowest BCUT2D eigenvalue weighted by Crippen LogP contribution is -2.46. The normalized spacial score (nSPS) is 28.5. The van der Waals surface area contributed by atoms with E-state index in [-0.39, 0.29) is 17.9 Å². The Morgan fingerprint density at radius 3 is 2.73 bits per heavy atom. The molecule has 2 aliphatic rings. The van der Waals surface area contributed by atoms with E-state index in [4.69, 9.17) is 5.73 Å². The van der Waals surface area contributed by atoms with E-state index in [2.05, 4.69) is 9.97 Å². The molecule has 0 aromatic carbocycles. The summed E-state index contributed by atoms with van der Waals surface area (Å²) in [6, 6.07) is 0.198. The van der Waals surface area contributed by atoms with Crippen LogP contribution in [0.2, 0.25) is 0 Å². The fraction of sp³-hybridized carbons (Fsp3) is 0.643. The van der Waals surface area contributed by atoms with E-state index in [9.17, 15) is 18.0 Å². The Morgan fingerprint density at radius 1 is 1.32 bits per heavy atom. The zero-order chi connectivity index (χ0) is 15.9. The quantitative estimate of drug-likeness (QED) is 0.907. The first kappa shape index (κ1) is 15.1. The molecule has 22 heavy (non-hydrogen) atoms. The monoisotopic (exact) mass is 314 g/mol. The number of alkyl halides is 3. The van der Waals surface area contributed by atoms with Crippen LogP contribution in [0.3, 0.4) is 0 Å². The van der Waals surface area contributed by atoms with Crippen molar-refractivity contribution < 1.29 is 18.0 Å². The maximum absolute atomic E-state index is 12.8. The van der Waals surface area contributed by atoms with Crippen molar-refractivity contribution >= 4 is 11.9 Å². The highest BCUT2D eigenvalue weighted by molar-refractivity contribution is 5.84. The van der Waals surface area contributed by atoms with Crippen molar-refractivity contribution in [2.24, 2.45) is 11.7 Å². The van der Waals surface area contributed by atoms with Crippen molar-refractivity contribution in [3.8, 4) is 0 Å². The van der Waals surface area contributed by atoms with Crippen molar-refractivity contribution in [2.45, 2.75) is 50.4 Å². The van der Waals surface area contributed by atoms with Crippen LogP contribution in [0.15, 0.2) is 12.3 Å². The molecule has 1 aromatic heterocycles. The van der Waals surface area contributed by atoms with Crippen LogP contribution in [-0.4, -0.2) is 28.0 Å². The number of fused-ring (bicyclic) bond motifs is 1. The van der Waals surface area contributed by atoms with Crippen LogP contribution in [-0.2, 0) is 11.0 Å². The molecule has 0 spiro atoms. The largest absolute Gasteiger partial charge is 0.433 e. The molecular weight excluding hydrogens is 297 g/mol. The molecule has 0 bridgehead atoms. The third-order valence-electron chi connectivity index (χ3n) is 4.58. The van der Waals surface area contributed by atoms with Gasteiger partial charge in [0.05, 0.1) is 0 Å². The molecule has 2 N–H and O–H groups in total. The van der Waals surface area contributed by atoms with Gasteiger partial charge in [0, 0.05) is 12.2 Å². The summed E-state index contributed by atoms with van der Waals surface area (Å²) in [5.41, 5.74) is 4.45. The molecule has 0 unspecified atom stereocenters. The SMILES string of the molecule is NC(=O)[C@@H]1C[C@@H]2CCCC[C@@H]2N1c1nccc(C(F)(F)F)n1. The highest BCUT2D eigenvalue weighted by atomic mass is 19.4. The van der Waals surface area contributed by atoms with Gasteiger partial charge in [0.1, 0.15) is 11.7 Å². The molecule has 3 rings (SSSR count). The summed E-state index contributed by atoms with van der Waals surface area (Å²) in [7, 11) is 0. The van der Waals surface area contributed by atoms with Gasteiger partial charge in [-0.15, -0.1) is 0 Å². The topological polar surface area (TPSA) is 72.1 Å². The fourth-order valence-corrected chi connectivity index (χ4v) is 3.63. The number of hydrogen-bond donors (Lipinski definition) is 1. The van der Waals surface area contributed by atoms with Gasteiger partial charge in [-0.25, -0.2) is 9.97 Å². The summed E-state index contributed by atoms with van der Waals surface area (Å²) in [5, 5.41) is 0. The van der Waals surface area contributed by atoms with Gasteiger partial charge in [-0.05, 0) is 31.2 Å². The van der Waals surface area contributed by atoms with Crippen LogP contribution in [0.1, 0.15) is 37.8 Å². The Morgan fingerprint density at radius 2 is 2.05 bits per heavy atom. The minimum atomic E-state index is -4.54. The van der Waals surface area contributed by atoms with Crippen LogP contribution in [0, 0.1) is 5.92 Å². The van der Waals surface area contributed by atoms with E-state index in [0.717, 1.165) is 37.9 Å². The van der Waals surface area contributed by atoms with E-state index in [0.29, 0.717) is 6.42 Å². The van der Waals surface area contributed by atoms with E-state index >= 15 is 0 Å². The predicted molar refractivity (Wildman–Crippen MR) is 72.9 cm³/mol. The maximum atomic E-state index is 12.8. The second-order valence-electron chi connectivity index (χ2n) is 5.91. The number of primary amides is 1. The molecular formula is C14H17F3N4O. The van der Waals surface area contributed by atoms with Crippen molar-refractivity contribution in [1.82, 2.24) is 9.97 Å². The van der Waals surface area contributed by atoms with E-state index in [1.54, 1.807) is 4.90 Å². The zero-order valence-corrected chi connectivity index (χ0v) is 11.9. The lowest BCUT2D eigenvalue weighted by atomic mass is 9.85. The van der Waals surface area contributed by atoms with Crippen molar-refractivity contribution in [3.63, 3.8) is 0 Å². The van der Waals surface area contributed by atoms with Crippen LogP contribution in [0.4, 0.5) is 19.1 Å². The molecule has 1 amide bonds. The molecule has 3 atom stereocenters. The molecule has 2 heterocycles. The van der Waals surface area contributed by atoms with E-state index in [1.165, 1.54) is 0 Å². The van der Waals surface area contributed by atoms with Crippen LogP contribution in [0.5, 0.6) is 0 Å². The number of nitrogens with two attached hydrogens (primary N) is 1. The Balaban J connectivity index is 1.98. The Labute approximate surface area is 125 Å². The second kappa shape index (κ2) is 5.40. The Hall–Kier alpha value is -1.86. The maximum Gasteiger partial charge on any atom is 0.433 e. The van der Waals surface area contributed by atoms with Crippen molar-refractivity contribution in [1.29, 1.82) is 0 Å². The van der Waals surface area contributed by atoms with E-state index < -0.39 is 23.8 Å². The number of aromatic nitrogens is 2. The molecule has 2 fully saturated rings. The number of rotatable bonds is 2. The minimum Gasteiger partial charge on any atom is -0.368 e. The van der Waals surface area contributed by atoms with Crippen molar-refractivity contribution in [3.05, 3.63) is 18.0 Å². The van der Waals surface area contributed by atoms with Gasteiger partial charge in [-0.3, -0.25) is 4.79 Å². The third-order valence-corrected chi connectivity index (χ3v) is 4.58. The van der Waals surface area contributed by atoms with Crippen molar-refractivity contribution in [2.75, 3.05) is 4.90 Å². The average Bonchev–Trinajstić information content (AvgIpc) is 2.86. The van der Waals surface area contributed by atoms with Gasteiger partial charge in [0.25, 0.3) is 0 Å². The Kier molecular flexibility index (Phi) is 3.70. The number of hydrogen-bond acceptors (Lipinski definition) is 4. The first-order chi connectivity index (χ1) is 10.4. The average molecular weight is 314 g/mol. The minimum absolute atomic E-state index is 0.00488. The van der Waals surface area contributed by atoms with Gasteiger partial charge >= 0.3 is 6.18 Å². The Bertz CT molecular complexity index is 577. The summed E-state index contributed by atoms with van der Waals surface area (Å²) >= 11 is 0. The standard InChI is InChI=1S/C14H17F3N4O/c15-14(16,17)11-5-6-19-13(20-11)21-9-4-2-1-3-8(9)7-10(21)12(18)22/h5-6,8-10H,1-4,7H2,(H2,18,22)/t8-,9-,10-/m0/s1. The molecule has 1 aromatic rings. The molecule has 5 nitrogen and oxygen atoms in total.